The Morgan fingerprint density at radius 2 is 1.69 bits per heavy atom. The zero-order valence-electron chi connectivity index (χ0n) is 15.5. The second-order valence-corrected chi connectivity index (χ2v) is 8.74. The van der Waals surface area contributed by atoms with E-state index in [0.717, 1.165) is 18.6 Å². The summed E-state index contributed by atoms with van der Waals surface area (Å²) in [4.78, 5) is 12.8. The highest BCUT2D eigenvalue weighted by atomic mass is 32.2. The van der Waals surface area contributed by atoms with Crippen molar-refractivity contribution < 1.29 is 26.4 Å². The van der Waals surface area contributed by atoms with Crippen LogP contribution in [0.3, 0.4) is 0 Å². The standard InChI is InChI=1S/C20H21F3N2O3S/c21-20(22,23)16-11-9-15(10-12-16)14-24-19(26)18-8-4-5-13-25(18)29(27,28)17-6-2-1-3-7-17/h1-3,6-7,9-12,18H,4-5,8,13-14H2,(H,24,26). The maximum atomic E-state index is 12.9. The number of rotatable bonds is 5. The average molecular weight is 426 g/mol. The third kappa shape index (κ3) is 4.97. The molecule has 0 radical (unpaired) electrons. The summed E-state index contributed by atoms with van der Waals surface area (Å²) in [6.45, 7) is 0.266. The molecule has 0 saturated carbocycles. The maximum absolute atomic E-state index is 12.9. The lowest BCUT2D eigenvalue weighted by Crippen LogP contribution is -2.51. The molecule has 29 heavy (non-hydrogen) atoms. The van der Waals surface area contributed by atoms with Gasteiger partial charge in [-0.25, -0.2) is 8.42 Å². The van der Waals surface area contributed by atoms with Gasteiger partial charge in [-0.15, -0.1) is 0 Å². The van der Waals surface area contributed by atoms with E-state index in [1.54, 1.807) is 18.2 Å². The zero-order valence-corrected chi connectivity index (χ0v) is 16.3. The summed E-state index contributed by atoms with van der Waals surface area (Å²) >= 11 is 0. The van der Waals surface area contributed by atoms with E-state index in [9.17, 15) is 26.4 Å². The molecule has 0 bridgehead atoms. The van der Waals surface area contributed by atoms with Crippen LogP contribution in [0, 0.1) is 0 Å². The molecule has 0 aliphatic carbocycles. The Hall–Kier alpha value is -2.39. The predicted octanol–water partition coefficient (Wildman–Crippen LogP) is 3.57. The van der Waals surface area contributed by atoms with Crippen molar-refractivity contribution in [2.45, 2.75) is 42.9 Å². The number of piperidine rings is 1. The Morgan fingerprint density at radius 1 is 1.03 bits per heavy atom. The van der Waals surface area contributed by atoms with Crippen LogP contribution in [-0.2, 0) is 27.5 Å². The van der Waals surface area contributed by atoms with Crippen molar-refractivity contribution in [1.29, 1.82) is 0 Å². The van der Waals surface area contributed by atoms with Crippen molar-refractivity contribution in [1.82, 2.24) is 9.62 Å². The molecule has 9 heteroatoms. The van der Waals surface area contributed by atoms with E-state index in [-0.39, 0.29) is 18.0 Å². The molecule has 1 N–H and O–H groups in total. The molecule has 1 amide bonds. The number of benzene rings is 2. The molecule has 1 unspecified atom stereocenters. The van der Waals surface area contributed by atoms with Crippen LogP contribution in [-0.4, -0.2) is 31.2 Å². The van der Waals surface area contributed by atoms with Crippen LogP contribution in [0.2, 0.25) is 0 Å². The number of carbonyl (C=O) groups is 1. The van der Waals surface area contributed by atoms with Gasteiger partial charge in [-0.1, -0.05) is 36.8 Å². The first-order valence-corrected chi connectivity index (χ1v) is 10.6. The SMILES string of the molecule is O=C(NCc1ccc(C(F)(F)F)cc1)C1CCCCN1S(=O)(=O)c1ccccc1. The summed E-state index contributed by atoms with van der Waals surface area (Å²) < 4.78 is 65.0. The molecule has 1 atom stereocenters. The molecule has 1 heterocycles. The number of amides is 1. The second-order valence-electron chi connectivity index (χ2n) is 6.85. The molecule has 3 rings (SSSR count). The third-order valence-corrected chi connectivity index (χ3v) is 6.78. The zero-order chi connectivity index (χ0) is 21.1. The highest BCUT2D eigenvalue weighted by Crippen LogP contribution is 2.29. The van der Waals surface area contributed by atoms with Gasteiger partial charge >= 0.3 is 6.18 Å². The summed E-state index contributed by atoms with van der Waals surface area (Å²) in [6, 6.07) is 11.6. The highest BCUT2D eigenvalue weighted by molar-refractivity contribution is 7.89. The molecule has 1 fully saturated rings. The summed E-state index contributed by atoms with van der Waals surface area (Å²) in [5.74, 6) is -0.455. The minimum absolute atomic E-state index is 0.0205. The van der Waals surface area contributed by atoms with Gasteiger partial charge in [0.25, 0.3) is 0 Å². The van der Waals surface area contributed by atoms with Crippen LogP contribution >= 0.6 is 0 Å². The Kier molecular flexibility index (Phi) is 6.28. The quantitative estimate of drug-likeness (QED) is 0.795. The number of nitrogens with zero attached hydrogens (tertiary/aromatic N) is 1. The molecule has 1 aliphatic rings. The van der Waals surface area contributed by atoms with Crippen molar-refractivity contribution in [3.05, 3.63) is 65.7 Å². The van der Waals surface area contributed by atoms with Crippen LogP contribution in [0.5, 0.6) is 0 Å². The monoisotopic (exact) mass is 426 g/mol. The number of alkyl halides is 3. The number of sulfonamides is 1. The maximum Gasteiger partial charge on any atom is 0.416 e. The van der Waals surface area contributed by atoms with Gasteiger partial charge in [-0.3, -0.25) is 4.79 Å². The average Bonchev–Trinajstić information content (AvgIpc) is 2.72. The van der Waals surface area contributed by atoms with E-state index in [2.05, 4.69) is 5.32 Å². The second kappa shape index (κ2) is 8.54. The van der Waals surface area contributed by atoms with Crippen molar-refractivity contribution >= 4 is 15.9 Å². The van der Waals surface area contributed by atoms with E-state index in [1.165, 1.54) is 28.6 Å². The van der Waals surface area contributed by atoms with Gasteiger partial charge in [0, 0.05) is 13.1 Å². The van der Waals surface area contributed by atoms with Gasteiger partial charge in [0.2, 0.25) is 15.9 Å². The van der Waals surface area contributed by atoms with Gasteiger partial charge in [-0.2, -0.15) is 17.5 Å². The number of halogens is 3. The van der Waals surface area contributed by atoms with E-state index in [4.69, 9.17) is 0 Å². The van der Waals surface area contributed by atoms with E-state index >= 15 is 0 Å². The molecule has 156 valence electrons. The topological polar surface area (TPSA) is 66.5 Å². The number of carbonyl (C=O) groups excluding carboxylic acids is 1. The summed E-state index contributed by atoms with van der Waals surface area (Å²) in [5.41, 5.74) is -0.264. The molecule has 1 aliphatic heterocycles. The molecule has 0 spiro atoms. The molecule has 5 nitrogen and oxygen atoms in total. The fourth-order valence-electron chi connectivity index (χ4n) is 3.30. The van der Waals surface area contributed by atoms with Crippen LogP contribution in [0.1, 0.15) is 30.4 Å². The minimum Gasteiger partial charge on any atom is -0.351 e. The first kappa shape index (κ1) is 21.3. The van der Waals surface area contributed by atoms with Crippen LogP contribution in [0.4, 0.5) is 13.2 Å². The summed E-state index contributed by atoms with van der Waals surface area (Å²) in [5, 5.41) is 2.65. The van der Waals surface area contributed by atoms with E-state index in [1.807, 2.05) is 0 Å². The molecule has 2 aromatic carbocycles. The Bertz CT molecular complexity index is 945. The first-order chi connectivity index (χ1) is 13.7. The number of nitrogens with one attached hydrogen (secondary N) is 1. The fourth-order valence-corrected chi connectivity index (χ4v) is 4.98. The van der Waals surface area contributed by atoms with Gasteiger partial charge in [0.05, 0.1) is 10.5 Å². The van der Waals surface area contributed by atoms with Crippen molar-refractivity contribution in [2.75, 3.05) is 6.54 Å². The summed E-state index contributed by atoms with van der Waals surface area (Å²) in [6.07, 6.45) is -2.64. The van der Waals surface area contributed by atoms with Crippen molar-refractivity contribution in [3.63, 3.8) is 0 Å². The van der Waals surface area contributed by atoms with E-state index in [0.29, 0.717) is 18.4 Å². The fraction of sp³-hybridized carbons (Fsp3) is 0.350. The Balaban J connectivity index is 1.70. The third-order valence-electron chi connectivity index (χ3n) is 4.85. The predicted molar refractivity (Wildman–Crippen MR) is 101 cm³/mol. The van der Waals surface area contributed by atoms with Gasteiger partial charge < -0.3 is 5.32 Å². The van der Waals surface area contributed by atoms with Crippen molar-refractivity contribution in [3.8, 4) is 0 Å². The van der Waals surface area contributed by atoms with Gasteiger partial charge in [-0.05, 0) is 42.7 Å². The summed E-state index contributed by atoms with van der Waals surface area (Å²) in [7, 11) is -3.81. The van der Waals surface area contributed by atoms with Crippen LogP contribution in [0.15, 0.2) is 59.5 Å². The molecule has 0 aromatic heterocycles. The Morgan fingerprint density at radius 3 is 2.31 bits per heavy atom. The minimum atomic E-state index is -4.42. The van der Waals surface area contributed by atoms with Crippen LogP contribution < -0.4 is 5.32 Å². The number of hydrogen-bond acceptors (Lipinski definition) is 3. The lowest BCUT2D eigenvalue weighted by atomic mass is 10.0. The molecular formula is C20H21F3N2O3S. The lowest BCUT2D eigenvalue weighted by Gasteiger charge is -2.33. The highest BCUT2D eigenvalue weighted by Gasteiger charge is 2.37. The first-order valence-electron chi connectivity index (χ1n) is 9.20. The number of hydrogen-bond donors (Lipinski definition) is 1. The van der Waals surface area contributed by atoms with E-state index < -0.39 is 33.7 Å². The van der Waals surface area contributed by atoms with Gasteiger partial charge in [0.1, 0.15) is 6.04 Å². The smallest absolute Gasteiger partial charge is 0.351 e. The van der Waals surface area contributed by atoms with Crippen LogP contribution in [0.25, 0.3) is 0 Å². The van der Waals surface area contributed by atoms with Crippen molar-refractivity contribution in [2.24, 2.45) is 0 Å². The normalized spacial score (nSPS) is 18.4. The molecule has 2 aromatic rings. The lowest BCUT2D eigenvalue weighted by molar-refractivity contribution is -0.137. The Labute approximate surface area is 167 Å². The molecular weight excluding hydrogens is 405 g/mol. The molecule has 1 saturated heterocycles. The largest absolute Gasteiger partial charge is 0.416 e. The van der Waals surface area contributed by atoms with Gasteiger partial charge in [0.15, 0.2) is 0 Å².